The van der Waals surface area contributed by atoms with Crippen LogP contribution in [0.15, 0.2) is 59.7 Å². The highest BCUT2D eigenvalue weighted by molar-refractivity contribution is 6.49. The molecule has 0 aliphatic rings. The van der Waals surface area contributed by atoms with Gasteiger partial charge in [-0.05, 0) is 35.9 Å². The highest BCUT2D eigenvalue weighted by Gasteiger charge is 2.24. The van der Waals surface area contributed by atoms with E-state index in [9.17, 15) is 23.2 Å². The second-order valence-electron chi connectivity index (χ2n) is 6.89. The van der Waals surface area contributed by atoms with E-state index in [0.717, 1.165) is 17.8 Å². The number of rotatable bonds is 5. The number of carbonyl (C=O) groups excluding carboxylic acids is 2. The normalized spacial score (nSPS) is 11.0. The van der Waals surface area contributed by atoms with Crippen molar-refractivity contribution < 1.29 is 18.4 Å². The number of aromatic nitrogens is 2. The Kier molecular flexibility index (Phi) is 5.82. The number of halogens is 4. The molecule has 0 fully saturated rings. The number of fused-ring (bicyclic) bond motifs is 1. The smallest absolute Gasteiger partial charge is 0.296 e. The van der Waals surface area contributed by atoms with Crippen LogP contribution in [-0.2, 0) is 11.2 Å². The number of hydrogen-bond acceptors (Lipinski definition) is 3. The molecule has 0 unspecified atom stereocenters. The van der Waals surface area contributed by atoms with Crippen molar-refractivity contribution in [2.75, 3.05) is 5.32 Å². The van der Waals surface area contributed by atoms with Crippen molar-refractivity contribution in [1.29, 1.82) is 0 Å². The molecular formula is C22H13Cl2F2N3O3. The summed E-state index contributed by atoms with van der Waals surface area (Å²) in [5, 5.41) is 1.79. The van der Waals surface area contributed by atoms with Crippen molar-refractivity contribution in [1.82, 2.24) is 9.38 Å². The lowest BCUT2D eigenvalue weighted by Gasteiger charge is -2.07. The van der Waals surface area contributed by atoms with Gasteiger partial charge in [0, 0.05) is 24.5 Å². The fourth-order valence-corrected chi connectivity index (χ4v) is 3.71. The van der Waals surface area contributed by atoms with Crippen LogP contribution in [0, 0.1) is 11.6 Å². The van der Waals surface area contributed by atoms with Gasteiger partial charge in [-0.1, -0.05) is 35.3 Å². The topological polar surface area (TPSA) is 83.4 Å². The molecule has 1 amide bonds. The van der Waals surface area contributed by atoms with E-state index in [1.54, 1.807) is 16.5 Å². The zero-order valence-electron chi connectivity index (χ0n) is 16.1. The number of pyridine rings is 2. The molecule has 0 atom stereocenters. The Morgan fingerprint density at radius 3 is 2.47 bits per heavy atom. The first kappa shape index (κ1) is 21.7. The summed E-state index contributed by atoms with van der Waals surface area (Å²) in [5.41, 5.74) is 0.533. The summed E-state index contributed by atoms with van der Waals surface area (Å²) in [6.45, 7) is 0. The van der Waals surface area contributed by atoms with Crippen LogP contribution in [-0.4, -0.2) is 21.1 Å². The van der Waals surface area contributed by atoms with Crippen LogP contribution >= 0.6 is 23.2 Å². The first-order valence-electron chi connectivity index (χ1n) is 9.21. The highest BCUT2D eigenvalue weighted by Crippen LogP contribution is 2.27. The number of nitrogens with zero attached hydrogens (tertiary/aromatic N) is 1. The van der Waals surface area contributed by atoms with Gasteiger partial charge in [0.2, 0.25) is 0 Å². The molecule has 0 spiro atoms. The van der Waals surface area contributed by atoms with E-state index >= 15 is 0 Å². The number of anilines is 1. The predicted octanol–water partition coefficient (Wildman–Crippen LogP) is 4.62. The number of H-pyrrole nitrogens is 1. The van der Waals surface area contributed by atoms with Crippen LogP contribution in [0.1, 0.15) is 21.6 Å². The van der Waals surface area contributed by atoms with Crippen molar-refractivity contribution in [3.63, 3.8) is 0 Å². The Balaban J connectivity index is 1.72. The Hall–Kier alpha value is -3.49. The number of nitrogens with one attached hydrogen (secondary N) is 2. The minimum Gasteiger partial charge on any atom is -0.326 e. The SMILES string of the molecule is O=C(Nc1c(Cl)c[nH]c(=O)c1Cl)C(=O)c1cc(Cc2ccc(F)cc2)n2ccc(F)cc12. The number of Topliss-reactive ketones (excluding diaryl/α,β-unsaturated/α-hetero) is 1. The minimum absolute atomic E-state index is 0.0591. The summed E-state index contributed by atoms with van der Waals surface area (Å²) in [4.78, 5) is 39.5. The van der Waals surface area contributed by atoms with Gasteiger partial charge < -0.3 is 14.7 Å². The van der Waals surface area contributed by atoms with Crippen molar-refractivity contribution >= 4 is 46.1 Å². The third kappa shape index (κ3) is 4.15. The quantitative estimate of drug-likeness (QED) is 0.326. The fourth-order valence-electron chi connectivity index (χ4n) is 3.26. The molecule has 0 saturated carbocycles. The molecule has 1 aromatic carbocycles. The van der Waals surface area contributed by atoms with Gasteiger partial charge in [0.05, 0.1) is 21.8 Å². The van der Waals surface area contributed by atoms with Crippen LogP contribution in [0.2, 0.25) is 10.0 Å². The van der Waals surface area contributed by atoms with Gasteiger partial charge in [0.15, 0.2) is 0 Å². The van der Waals surface area contributed by atoms with Gasteiger partial charge in [-0.15, -0.1) is 0 Å². The molecule has 10 heteroatoms. The van der Waals surface area contributed by atoms with Crippen molar-refractivity contribution in [3.8, 4) is 0 Å². The van der Waals surface area contributed by atoms with Crippen LogP contribution < -0.4 is 10.9 Å². The minimum atomic E-state index is -1.11. The largest absolute Gasteiger partial charge is 0.326 e. The Bertz CT molecular complexity index is 1430. The maximum Gasteiger partial charge on any atom is 0.296 e. The van der Waals surface area contributed by atoms with E-state index in [1.165, 1.54) is 30.5 Å². The van der Waals surface area contributed by atoms with E-state index in [-0.39, 0.29) is 32.6 Å². The second-order valence-corrected chi connectivity index (χ2v) is 7.68. The predicted molar refractivity (Wildman–Crippen MR) is 117 cm³/mol. The molecular weight excluding hydrogens is 463 g/mol. The van der Waals surface area contributed by atoms with Gasteiger partial charge in [0.1, 0.15) is 16.7 Å². The Morgan fingerprint density at radius 2 is 1.75 bits per heavy atom. The highest BCUT2D eigenvalue weighted by atomic mass is 35.5. The zero-order chi connectivity index (χ0) is 23.0. The standard InChI is InChI=1S/C22H13Cl2F2N3O3/c23-16-10-27-21(31)18(24)19(16)28-22(32)20(30)15-9-14(7-11-1-3-12(25)4-2-11)29-6-5-13(26)8-17(15)29/h1-6,8-10H,7H2,(H2,27,28,31,32). The number of ketones is 1. The lowest BCUT2D eigenvalue weighted by Crippen LogP contribution is -2.24. The van der Waals surface area contributed by atoms with Crippen molar-refractivity contribution in [2.45, 2.75) is 6.42 Å². The summed E-state index contributed by atoms with van der Waals surface area (Å²) in [7, 11) is 0. The second kappa shape index (κ2) is 8.57. The summed E-state index contributed by atoms with van der Waals surface area (Å²) < 4.78 is 28.7. The zero-order valence-corrected chi connectivity index (χ0v) is 17.6. The van der Waals surface area contributed by atoms with E-state index < -0.39 is 23.1 Å². The molecule has 32 heavy (non-hydrogen) atoms. The Labute approximate surface area is 189 Å². The van der Waals surface area contributed by atoms with Crippen LogP contribution in [0.5, 0.6) is 0 Å². The van der Waals surface area contributed by atoms with E-state index in [1.807, 2.05) is 0 Å². The third-order valence-corrected chi connectivity index (χ3v) is 5.45. The average Bonchev–Trinajstić information content (AvgIpc) is 3.12. The van der Waals surface area contributed by atoms with Gasteiger partial charge in [0.25, 0.3) is 17.2 Å². The van der Waals surface area contributed by atoms with Crippen LogP contribution in [0.4, 0.5) is 14.5 Å². The number of hydrogen-bond donors (Lipinski definition) is 2. The van der Waals surface area contributed by atoms with Gasteiger partial charge >= 0.3 is 0 Å². The van der Waals surface area contributed by atoms with Gasteiger partial charge in [-0.25, -0.2) is 8.78 Å². The first-order valence-corrected chi connectivity index (χ1v) is 9.96. The molecule has 162 valence electrons. The summed E-state index contributed by atoms with van der Waals surface area (Å²) in [6, 6.07) is 9.58. The lowest BCUT2D eigenvalue weighted by atomic mass is 10.1. The number of benzene rings is 1. The van der Waals surface area contributed by atoms with Crippen molar-refractivity contribution in [2.24, 2.45) is 0 Å². The summed E-state index contributed by atoms with van der Waals surface area (Å²) >= 11 is 11.8. The third-order valence-electron chi connectivity index (χ3n) is 4.79. The summed E-state index contributed by atoms with van der Waals surface area (Å²) in [6.07, 6.45) is 2.86. The monoisotopic (exact) mass is 475 g/mol. The molecule has 4 rings (SSSR count). The molecule has 0 bridgehead atoms. The molecule has 0 aliphatic heterocycles. The first-order chi connectivity index (χ1) is 15.2. The fraction of sp³-hybridized carbons (Fsp3) is 0.0455. The lowest BCUT2D eigenvalue weighted by molar-refractivity contribution is -0.112. The molecule has 3 heterocycles. The van der Waals surface area contributed by atoms with Crippen LogP contribution in [0.25, 0.3) is 5.52 Å². The number of amides is 1. The van der Waals surface area contributed by atoms with Crippen molar-refractivity contribution in [3.05, 3.63) is 104 Å². The Morgan fingerprint density at radius 1 is 1.03 bits per heavy atom. The maximum atomic E-state index is 13.9. The van der Waals surface area contributed by atoms with E-state index in [4.69, 9.17) is 23.2 Å². The number of aromatic amines is 1. The van der Waals surface area contributed by atoms with E-state index in [2.05, 4.69) is 10.3 Å². The van der Waals surface area contributed by atoms with E-state index in [0.29, 0.717) is 12.1 Å². The molecule has 0 radical (unpaired) electrons. The molecule has 2 N–H and O–H groups in total. The molecule has 6 nitrogen and oxygen atoms in total. The number of carbonyl (C=O) groups is 2. The molecule has 3 aromatic heterocycles. The molecule has 0 saturated heterocycles. The maximum absolute atomic E-state index is 13.9. The molecule has 4 aromatic rings. The van der Waals surface area contributed by atoms with Crippen LogP contribution in [0.3, 0.4) is 0 Å². The van der Waals surface area contributed by atoms with Gasteiger partial charge in [-0.3, -0.25) is 14.4 Å². The summed E-state index contributed by atoms with van der Waals surface area (Å²) in [5.74, 6) is -3.07. The van der Waals surface area contributed by atoms with Gasteiger partial charge in [-0.2, -0.15) is 0 Å². The average molecular weight is 476 g/mol. The molecule has 0 aliphatic carbocycles.